The van der Waals surface area contributed by atoms with Crippen LogP contribution in [0.4, 0.5) is 5.69 Å². The Bertz CT molecular complexity index is 1350. The van der Waals surface area contributed by atoms with Gasteiger partial charge in [0.15, 0.2) is 5.96 Å². The second-order valence-corrected chi connectivity index (χ2v) is 9.36. The van der Waals surface area contributed by atoms with Crippen molar-refractivity contribution in [2.24, 2.45) is 16.5 Å². The van der Waals surface area contributed by atoms with Crippen LogP contribution in [0.25, 0.3) is 10.8 Å². The average Bonchev–Trinajstić information content (AvgIpc) is 2.88. The maximum atomic E-state index is 13.9. The molecule has 38 heavy (non-hydrogen) atoms. The summed E-state index contributed by atoms with van der Waals surface area (Å²) in [5.41, 5.74) is 17.7. The first-order valence-electron chi connectivity index (χ1n) is 11.6. The lowest BCUT2D eigenvalue weighted by Gasteiger charge is -2.31. The Balaban J connectivity index is 2.04. The number of fused-ring (bicyclic) bond motifs is 1. The Morgan fingerprint density at radius 3 is 2.29 bits per heavy atom. The molecule has 10 nitrogen and oxygen atoms in total. The van der Waals surface area contributed by atoms with Crippen molar-refractivity contribution in [2.45, 2.75) is 25.4 Å². The predicted molar refractivity (Wildman–Crippen MR) is 149 cm³/mol. The van der Waals surface area contributed by atoms with Crippen molar-refractivity contribution in [3.8, 4) is 0 Å². The molecule has 1 atom stereocenters. The minimum Gasteiger partial charge on any atom is -0.480 e. The standard InChI is InChI=1S/C26H28Cl2N6O4/c27-19-10-15(11-20(28)23(19)29)14-34(25(38)18-8-7-16-4-1-2-5-17(16)12-18)21(6-3-9-32-26(30)31)24(37)33-13-22(35)36/h1-2,4-5,7-8,10-12,21H,3,6,9,13-14,29H2,(H,33,37)(H,35,36)(H4,30,31,32)/t21-/m1/s1. The molecule has 3 rings (SSSR count). The van der Waals surface area contributed by atoms with E-state index in [1.54, 1.807) is 24.3 Å². The summed E-state index contributed by atoms with van der Waals surface area (Å²) in [6, 6.07) is 14.8. The van der Waals surface area contributed by atoms with Crippen molar-refractivity contribution in [1.82, 2.24) is 10.2 Å². The van der Waals surface area contributed by atoms with Crippen LogP contribution in [0.1, 0.15) is 28.8 Å². The zero-order valence-corrected chi connectivity index (χ0v) is 21.9. The molecule has 0 aromatic heterocycles. The number of rotatable bonds is 11. The van der Waals surface area contributed by atoms with Crippen molar-refractivity contribution >= 4 is 63.4 Å². The Morgan fingerprint density at radius 1 is 1.00 bits per heavy atom. The van der Waals surface area contributed by atoms with Gasteiger partial charge >= 0.3 is 5.97 Å². The number of nitrogens with zero attached hydrogens (tertiary/aromatic N) is 2. The average molecular weight is 559 g/mol. The SMILES string of the molecule is NC(N)=NCCC[C@H](C(=O)NCC(=O)O)N(Cc1cc(Cl)c(N)c(Cl)c1)C(=O)c1ccc2ccccc2c1. The maximum Gasteiger partial charge on any atom is 0.322 e. The topological polar surface area (TPSA) is 177 Å². The van der Waals surface area contributed by atoms with E-state index in [4.69, 9.17) is 45.5 Å². The highest BCUT2D eigenvalue weighted by atomic mass is 35.5. The molecule has 0 fully saturated rings. The lowest BCUT2D eigenvalue weighted by molar-refractivity contribution is -0.138. The molecule has 3 aromatic rings. The number of carbonyl (C=O) groups is 3. The van der Waals surface area contributed by atoms with Crippen molar-refractivity contribution in [3.63, 3.8) is 0 Å². The van der Waals surface area contributed by atoms with E-state index in [1.807, 2.05) is 30.3 Å². The van der Waals surface area contributed by atoms with Crippen molar-refractivity contribution in [3.05, 3.63) is 75.8 Å². The number of carboxylic acid groups (broad SMARTS) is 1. The van der Waals surface area contributed by atoms with Crippen LogP contribution in [0.2, 0.25) is 10.0 Å². The lowest BCUT2D eigenvalue weighted by atomic mass is 10.0. The van der Waals surface area contributed by atoms with E-state index in [2.05, 4.69) is 10.3 Å². The number of guanidine groups is 1. The summed E-state index contributed by atoms with van der Waals surface area (Å²) in [5, 5.41) is 13.6. The third-order valence-corrected chi connectivity index (χ3v) is 6.40. The van der Waals surface area contributed by atoms with Crippen molar-refractivity contribution < 1.29 is 19.5 Å². The molecule has 0 unspecified atom stereocenters. The minimum absolute atomic E-state index is 0.0567. The number of hydrogen-bond acceptors (Lipinski definition) is 5. The maximum absolute atomic E-state index is 13.9. The Hall–Kier alpha value is -4.02. The predicted octanol–water partition coefficient (Wildman–Crippen LogP) is 2.99. The number of aliphatic carboxylic acids is 1. The third kappa shape index (κ3) is 7.50. The summed E-state index contributed by atoms with van der Waals surface area (Å²) in [7, 11) is 0. The zero-order chi connectivity index (χ0) is 27.8. The Morgan fingerprint density at radius 2 is 1.66 bits per heavy atom. The number of carboxylic acids is 1. The molecule has 0 radical (unpaired) electrons. The number of benzene rings is 3. The third-order valence-electron chi connectivity index (χ3n) is 5.77. The number of hydrogen-bond donors (Lipinski definition) is 5. The monoisotopic (exact) mass is 558 g/mol. The van der Waals surface area contributed by atoms with Gasteiger partial charge in [0.25, 0.3) is 5.91 Å². The molecular weight excluding hydrogens is 531 g/mol. The molecule has 0 spiro atoms. The van der Waals surface area contributed by atoms with E-state index in [0.717, 1.165) is 10.8 Å². The van der Waals surface area contributed by atoms with E-state index in [1.165, 1.54) is 4.90 Å². The number of nitrogens with one attached hydrogen (secondary N) is 1. The number of nitrogen functional groups attached to an aromatic ring is 1. The number of anilines is 1. The molecule has 0 aliphatic rings. The number of carbonyl (C=O) groups excluding carboxylic acids is 2. The molecule has 2 amide bonds. The van der Waals surface area contributed by atoms with Crippen LogP contribution in [0.3, 0.4) is 0 Å². The second-order valence-electron chi connectivity index (χ2n) is 8.54. The molecule has 200 valence electrons. The fraction of sp³-hybridized carbons (Fsp3) is 0.231. The van der Waals surface area contributed by atoms with Crippen LogP contribution in [0, 0.1) is 0 Å². The molecule has 0 bridgehead atoms. The highest BCUT2D eigenvalue weighted by Gasteiger charge is 2.31. The van der Waals surface area contributed by atoms with Gasteiger partial charge in [0.1, 0.15) is 12.6 Å². The number of halogens is 2. The zero-order valence-electron chi connectivity index (χ0n) is 20.4. The fourth-order valence-corrected chi connectivity index (χ4v) is 4.47. The lowest BCUT2D eigenvalue weighted by Crippen LogP contribution is -2.50. The van der Waals surface area contributed by atoms with E-state index in [-0.39, 0.29) is 41.2 Å². The van der Waals surface area contributed by atoms with Gasteiger partial charge in [0, 0.05) is 18.7 Å². The van der Waals surface area contributed by atoms with Gasteiger partial charge in [-0.3, -0.25) is 19.4 Å². The van der Waals surface area contributed by atoms with E-state index >= 15 is 0 Å². The molecule has 0 aliphatic heterocycles. The van der Waals surface area contributed by atoms with Gasteiger partial charge in [-0.2, -0.15) is 0 Å². The molecule has 12 heteroatoms. The van der Waals surface area contributed by atoms with Gasteiger partial charge in [-0.05, 0) is 53.4 Å². The molecule has 0 heterocycles. The largest absolute Gasteiger partial charge is 0.480 e. The van der Waals surface area contributed by atoms with Crippen molar-refractivity contribution in [1.29, 1.82) is 0 Å². The van der Waals surface area contributed by atoms with Crippen LogP contribution in [-0.2, 0) is 16.1 Å². The summed E-state index contributed by atoms with van der Waals surface area (Å²) >= 11 is 12.5. The van der Waals surface area contributed by atoms with Gasteiger partial charge < -0.3 is 32.5 Å². The van der Waals surface area contributed by atoms with Gasteiger partial charge in [-0.15, -0.1) is 0 Å². The van der Waals surface area contributed by atoms with Gasteiger partial charge in [0.05, 0.1) is 15.7 Å². The first-order valence-corrected chi connectivity index (χ1v) is 12.4. The van der Waals surface area contributed by atoms with Crippen LogP contribution in [0.5, 0.6) is 0 Å². The second kappa shape index (κ2) is 13.0. The minimum atomic E-state index is -1.22. The van der Waals surface area contributed by atoms with Gasteiger partial charge in [-0.25, -0.2) is 0 Å². The Labute approximate surface area is 229 Å². The first kappa shape index (κ1) is 28.5. The Kier molecular flexibility index (Phi) is 9.75. The summed E-state index contributed by atoms with van der Waals surface area (Å²) in [6.07, 6.45) is 0.492. The normalized spacial score (nSPS) is 11.5. The molecule has 3 aromatic carbocycles. The molecule has 0 saturated carbocycles. The highest BCUT2D eigenvalue weighted by Crippen LogP contribution is 2.30. The van der Waals surface area contributed by atoms with E-state index in [9.17, 15) is 14.4 Å². The quantitative estimate of drug-likeness (QED) is 0.104. The first-order chi connectivity index (χ1) is 18.1. The van der Waals surface area contributed by atoms with Crippen LogP contribution in [-0.4, -0.2) is 52.9 Å². The molecule has 0 aliphatic carbocycles. The summed E-state index contributed by atoms with van der Waals surface area (Å²) in [5.74, 6) is -2.41. The van der Waals surface area contributed by atoms with Crippen LogP contribution >= 0.6 is 23.2 Å². The summed E-state index contributed by atoms with van der Waals surface area (Å²) in [4.78, 5) is 43.6. The number of amides is 2. The van der Waals surface area contributed by atoms with Gasteiger partial charge in [0.2, 0.25) is 5.91 Å². The summed E-state index contributed by atoms with van der Waals surface area (Å²) in [6.45, 7) is -0.456. The van der Waals surface area contributed by atoms with Crippen LogP contribution < -0.4 is 22.5 Å². The van der Waals surface area contributed by atoms with Crippen molar-refractivity contribution in [2.75, 3.05) is 18.8 Å². The van der Waals surface area contributed by atoms with Gasteiger partial charge in [-0.1, -0.05) is 53.5 Å². The van der Waals surface area contributed by atoms with E-state index < -0.39 is 30.4 Å². The highest BCUT2D eigenvalue weighted by molar-refractivity contribution is 6.38. The molecular formula is C26H28Cl2N6O4. The van der Waals surface area contributed by atoms with Crippen LogP contribution in [0.15, 0.2) is 59.6 Å². The number of aliphatic imine (C=N–C) groups is 1. The molecule has 0 saturated heterocycles. The van der Waals surface area contributed by atoms with E-state index in [0.29, 0.717) is 17.5 Å². The molecule has 8 N–H and O–H groups in total. The summed E-state index contributed by atoms with van der Waals surface area (Å²) < 4.78 is 0. The number of nitrogens with two attached hydrogens (primary N) is 3. The fourth-order valence-electron chi connectivity index (χ4n) is 3.94. The smallest absolute Gasteiger partial charge is 0.322 e.